The highest BCUT2D eigenvalue weighted by atomic mass is 16.5. The molecule has 9 heteroatoms. The van der Waals surface area contributed by atoms with Gasteiger partial charge in [0, 0.05) is 56.0 Å². The van der Waals surface area contributed by atoms with Crippen LogP contribution >= 0.6 is 0 Å². The first-order valence-corrected chi connectivity index (χ1v) is 11.3. The quantitative estimate of drug-likeness (QED) is 0.619. The van der Waals surface area contributed by atoms with Crippen molar-refractivity contribution >= 4 is 23.1 Å². The second kappa shape index (κ2) is 9.60. The highest BCUT2D eigenvalue weighted by molar-refractivity contribution is 5.92. The van der Waals surface area contributed by atoms with E-state index in [-0.39, 0.29) is 12.0 Å². The lowest BCUT2D eigenvalue weighted by atomic mass is 10.1. The zero-order valence-electron chi connectivity index (χ0n) is 18.4. The third-order valence-electron chi connectivity index (χ3n) is 6.08. The summed E-state index contributed by atoms with van der Waals surface area (Å²) in [6.45, 7) is 4.45. The number of pyridine rings is 1. The summed E-state index contributed by atoms with van der Waals surface area (Å²) >= 11 is 0. The van der Waals surface area contributed by atoms with Gasteiger partial charge < -0.3 is 25.0 Å². The lowest BCUT2D eigenvalue weighted by Crippen LogP contribution is -2.40. The van der Waals surface area contributed by atoms with Gasteiger partial charge >= 0.3 is 0 Å². The van der Waals surface area contributed by atoms with Gasteiger partial charge in [0.2, 0.25) is 0 Å². The molecule has 4 heterocycles. The van der Waals surface area contributed by atoms with E-state index in [1.807, 2.05) is 24.3 Å². The lowest BCUT2D eigenvalue weighted by molar-refractivity contribution is 0.0541. The topological polar surface area (TPSA) is 95.8 Å². The summed E-state index contributed by atoms with van der Waals surface area (Å²) < 4.78 is 7.10. The van der Waals surface area contributed by atoms with Crippen LogP contribution in [0.4, 0.5) is 17.2 Å². The first-order chi connectivity index (χ1) is 16.2. The van der Waals surface area contributed by atoms with Crippen LogP contribution in [0, 0.1) is 0 Å². The van der Waals surface area contributed by atoms with Crippen molar-refractivity contribution in [2.75, 3.05) is 49.6 Å². The number of rotatable bonds is 5. The van der Waals surface area contributed by atoms with E-state index in [2.05, 4.69) is 32.4 Å². The van der Waals surface area contributed by atoms with Crippen LogP contribution in [0.15, 0.2) is 54.9 Å². The standard InChI is InChI=1S/C24H28N6O3/c31-21-6-10-29(11-7-21)24(32)22-8-12-30(27-22)20-5-9-25-23(17-20)26-18-1-3-19(4-2-18)28-13-15-33-16-14-28/h1-5,8-9,12,17,21,31H,6-7,10-11,13-16H2,(H,25,26). The highest BCUT2D eigenvalue weighted by Crippen LogP contribution is 2.22. The first kappa shape index (κ1) is 21.4. The minimum Gasteiger partial charge on any atom is -0.393 e. The van der Waals surface area contributed by atoms with Crippen LogP contribution in [0.1, 0.15) is 23.3 Å². The van der Waals surface area contributed by atoms with Crippen LogP contribution in [0.3, 0.4) is 0 Å². The number of piperidine rings is 1. The Kier molecular flexibility index (Phi) is 6.23. The SMILES string of the molecule is O=C(c1ccn(-c2ccnc(Nc3ccc(N4CCOCC4)cc3)c2)n1)N1CCC(O)CC1. The molecule has 9 nitrogen and oxygen atoms in total. The normalized spacial score (nSPS) is 17.2. The molecule has 5 rings (SSSR count). The number of anilines is 3. The molecule has 2 aromatic heterocycles. The van der Waals surface area contributed by atoms with Crippen LogP contribution in [0.25, 0.3) is 5.69 Å². The second-order valence-electron chi connectivity index (χ2n) is 8.34. The van der Waals surface area contributed by atoms with Gasteiger partial charge in [0.05, 0.1) is 25.0 Å². The predicted octanol–water partition coefficient (Wildman–Crippen LogP) is 2.44. The number of aromatic nitrogens is 3. The number of aliphatic hydroxyl groups is 1. The van der Waals surface area contributed by atoms with E-state index < -0.39 is 0 Å². The number of hydrogen-bond donors (Lipinski definition) is 2. The summed E-state index contributed by atoms with van der Waals surface area (Å²) in [6, 6.07) is 13.8. The summed E-state index contributed by atoms with van der Waals surface area (Å²) in [7, 11) is 0. The van der Waals surface area contributed by atoms with Crippen molar-refractivity contribution in [1.29, 1.82) is 0 Å². The number of nitrogens with zero attached hydrogens (tertiary/aromatic N) is 5. The van der Waals surface area contributed by atoms with E-state index in [0.717, 1.165) is 37.7 Å². The number of hydrogen-bond acceptors (Lipinski definition) is 7. The molecule has 0 spiro atoms. The minimum atomic E-state index is -0.315. The molecular formula is C24H28N6O3. The van der Waals surface area contributed by atoms with Crippen molar-refractivity contribution in [2.24, 2.45) is 0 Å². The summed E-state index contributed by atoms with van der Waals surface area (Å²) in [4.78, 5) is 21.2. The maximum Gasteiger partial charge on any atom is 0.274 e. The Morgan fingerprint density at radius 3 is 2.52 bits per heavy atom. The number of nitrogens with one attached hydrogen (secondary N) is 1. The molecule has 1 aromatic carbocycles. The van der Waals surface area contributed by atoms with Crippen molar-refractivity contribution in [3.05, 3.63) is 60.6 Å². The van der Waals surface area contributed by atoms with Crippen molar-refractivity contribution < 1.29 is 14.6 Å². The number of morpholine rings is 1. The van der Waals surface area contributed by atoms with Gasteiger partial charge in [0.25, 0.3) is 5.91 Å². The molecular weight excluding hydrogens is 420 g/mol. The Hall–Kier alpha value is -3.43. The lowest BCUT2D eigenvalue weighted by Gasteiger charge is -2.28. The van der Waals surface area contributed by atoms with Crippen molar-refractivity contribution in [3.8, 4) is 5.69 Å². The van der Waals surface area contributed by atoms with Crippen molar-refractivity contribution in [2.45, 2.75) is 18.9 Å². The number of amides is 1. The number of carbonyl (C=O) groups excluding carboxylic acids is 1. The Balaban J connectivity index is 1.25. The second-order valence-corrected chi connectivity index (χ2v) is 8.34. The van der Waals surface area contributed by atoms with Gasteiger partial charge in [0.15, 0.2) is 5.69 Å². The molecule has 0 aliphatic carbocycles. The molecule has 2 N–H and O–H groups in total. The van der Waals surface area contributed by atoms with Gasteiger partial charge in [-0.3, -0.25) is 4.79 Å². The van der Waals surface area contributed by atoms with Gasteiger partial charge in [0.1, 0.15) is 5.82 Å². The van der Waals surface area contributed by atoms with Gasteiger partial charge in [-0.1, -0.05) is 0 Å². The average molecular weight is 449 g/mol. The number of carbonyl (C=O) groups is 1. The molecule has 2 saturated heterocycles. The van der Waals surface area contributed by atoms with E-state index in [0.29, 0.717) is 37.4 Å². The number of likely N-dealkylation sites (tertiary alicyclic amines) is 1. The Morgan fingerprint density at radius 2 is 1.76 bits per heavy atom. The van der Waals surface area contributed by atoms with Crippen LogP contribution in [-0.2, 0) is 4.74 Å². The van der Waals surface area contributed by atoms with Crippen molar-refractivity contribution in [1.82, 2.24) is 19.7 Å². The predicted molar refractivity (Wildman–Crippen MR) is 125 cm³/mol. The van der Waals surface area contributed by atoms with E-state index in [4.69, 9.17) is 4.74 Å². The molecule has 0 saturated carbocycles. The molecule has 2 aliphatic heterocycles. The molecule has 33 heavy (non-hydrogen) atoms. The summed E-state index contributed by atoms with van der Waals surface area (Å²) in [5.74, 6) is 0.591. The third-order valence-corrected chi connectivity index (χ3v) is 6.08. The Morgan fingerprint density at radius 1 is 1.00 bits per heavy atom. The van der Waals surface area contributed by atoms with E-state index in [1.165, 1.54) is 5.69 Å². The van der Waals surface area contributed by atoms with E-state index >= 15 is 0 Å². The summed E-state index contributed by atoms with van der Waals surface area (Å²) in [5.41, 5.74) is 3.34. The van der Waals surface area contributed by atoms with Gasteiger partial charge in [-0.25, -0.2) is 9.67 Å². The summed E-state index contributed by atoms with van der Waals surface area (Å²) in [5, 5.41) is 17.5. The fourth-order valence-electron chi connectivity index (χ4n) is 4.17. The largest absolute Gasteiger partial charge is 0.393 e. The van der Waals surface area contributed by atoms with E-state index in [1.54, 1.807) is 28.0 Å². The average Bonchev–Trinajstić information content (AvgIpc) is 3.36. The Labute approximate surface area is 192 Å². The zero-order valence-corrected chi connectivity index (χ0v) is 18.4. The summed E-state index contributed by atoms with van der Waals surface area (Å²) in [6.07, 6.45) is 4.40. The molecule has 1 amide bonds. The third kappa shape index (κ3) is 4.99. The molecule has 0 atom stereocenters. The molecule has 0 unspecified atom stereocenters. The van der Waals surface area contributed by atoms with Gasteiger partial charge in [-0.15, -0.1) is 0 Å². The maximum atomic E-state index is 12.7. The molecule has 172 valence electrons. The minimum absolute atomic E-state index is 0.103. The van der Waals surface area contributed by atoms with Crippen molar-refractivity contribution in [3.63, 3.8) is 0 Å². The van der Waals surface area contributed by atoms with Crippen LogP contribution in [-0.4, -0.2) is 76.2 Å². The highest BCUT2D eigenvalue weighted by Gasteiger charge is 2.24. The maximum absolute atomic E-state index is 12.7. The van der Waals surface area contributed by atoms with Crippen LogP contribution < -0.4 is 10.2 Å². The number of aliphatic hydroxyl groups excluding tert-OH is 1. The van der Waals surface area contributed by atoms with E-state index in [9.17, 15) is 9.90 Å². The van der Waals surface area contributed by atoms with Gasteiger partial charge in [-0.05, 0) is 49.2 Å². The molecule has 0 radical (unpaired) electrons. The fourth-order valence-corrected chi connectivity index (χ4v) is 4.17. The number of benzene rings is 1. The number of ether oxygens (including phenoxy) is 1. The zero-order chi connectivity index (χ0) is 22.6. The molecule has 3 aromatic rings. The molecule has 0 bridgehead atoms. The first-order valence-electron chi connectivity index (χ1n) is 11.3. The van der Waals surface area contributed by atoms with Gasteiger partial charge in [-0.2, -0.15) is 5.10 Å². The van der Waals surface area contributed by atoms with Crippen LogP contribution in [0.5, 0.6) is 0 Å². The molecule has 2 aliphatic rings. The fraction of sp³-hybridized carbons (Fsp3) is 0.375. The smallest absolute Gasteiger partial charge is 0.274 e. The monoisotopic (exact) mass is 448 g/mol. The molecule has 2 fully saturated rings. The van der Waals surface area contributed by atoms with Crippen LogP contribution in [0.2, 0.25) is 0 Å². The Bertz CT molecular complexity index is 1090.